The van der Waals surface area contributed by atoms with E-state index in [0.717, 1.165) is 10.3 Å². The minimum Gasteiger partial charge on any atom is -0.494 e. The molecule has 0 bridgehead atoms. The molecule has 146 valence electrons. The van der Waals surface area contributed by atoms with Gasteiger partial charge in [0.2, 0.25) is 0 Å². The van der Waals surface area contributed by atoms with E-state index in [1.807, 2.05) is 37.3 Å². The number of hydrogen-bond acceptors (Lipinski definition) is 5. The van der Waals surface area contributed by atoms with E-state index in [1.165, 1.54) is 34.4 Å². The number of pyridine rings is 1. The van der Waals surface area contributed by atoms with Gasteiger partial charge in [-0.1, -0.05) is 29.5 Å². The van der Waals surface area contributed by atoms with Crippen LogP contribution in [0, 0.1) is 12.7 Å². The molecule has 0 unspecified atom stereocenters. The van der Waals surface area contributed by atoms with Gasteiger partial charge in [0.25, 0.3) is 5.91 Å². The van der Waals surface area contributed by atoms with Gasteiger partial charge in [-0.2, -0.15) is 0 Å². The van der Waals surface area contributed by atoms with E-state index in [-0.39, 0.29) is 18.0 Å². The SMILES string of the molecule is COc1ccc(C)c2sc(N(Cc3ccccn3)C(=O)c3cccc(F)c3)nc12. The number of aryl methyl sites for hydroxylation is 1. The lowest BCUT2D eigenvalue weighted by Crippen LogP contribution is -2.30. The molecule has 2 aromatic carbocycles. The van der Waals surface area contributed by atoms with Crippen molar-refractivity contribution in [2.75, 3.05) is 12.0 Å². The molecular weight excluding hydrogens is 389 g/mol. The van der Waals surface area contributed by atoms with Crippen molar-refractivity contribution in [3.05, 3.63) is 83.4 Å². The molecule has 0 aliphatic carbocycles. The zero-order valence-corrected chi connectivity index (χ0v) is 16.7. The highest BCUT2D eigenvalue weighted by Crippen LogP contribution is 2.37. The molecule has 4 aromatic rings. The van der Waals surface area contributed by atoms with Crippen LogP contribution in [-0.2, 0) is 6.54 Å². The van der Waals surface area contributed by atoms with Crippen LogP contribution in [0.25, 0.3) is 10.2 Å². The fourth-order valence-corrected chi connectivity index (χ4v) is 4.08. The third kappa shape index (κ3) is 3.82. The second kappa shape index (κ2) is 7.97. The Hall–Kier alpha value is -3.32. The van der Waals surface area contributed by atoms with Crippen molar-refractivity contribution in [1.29, 1.82) is 0 Å². The van der Waals surface area contributed by atoms with E-state index in [9.17, 15) is 9.18 Å². The minimum absolute atomic E-state index is 0.220. The molecule has 5 nitrogen and oxygen atoms in total. The number of aromatic nitrogens is 2. The van der Waals surface area contributed by atoms with Gasteiger partial charge in [-0.25, -0.2) is 9.37 Å². The van der Waals surface area contributed by atoms with Crippen LogP contribution in [0.3, 0.4) is 0 Å². The largest absolute Gasteiger partial charge is 0.494 e. The second-order valence-electron chi connectivity index (χ2n) is 6.48. The molecule has 0 saturated carbocycles. The molecule has 0 atom stereocenters. The van der Waals surface area contributed by atoms with Crippen LogP contribution >= 0.6 is 11.3 Å². The lowest BCUT2D eigenvalue weighted by atomic mass is 10.2. The number of ether oxygens (including phenoxy) is 1. The smallest absolute Gasteiger partial charge is 0.260 e. The zero-order chi connectivity index (χ0) is 20.4. The number of benzene rings is 2. The number of carbonyl (C=O) groups is 1. The van der Waals surface area contributed by atoms with E-state index in [4.69, 9.17) is 4.74 Å². The molecule has 0 aliphatic heterocycles. The van der Waals surface area contributed by atoms with Crippen LogP contribution in [0.4, 0.5) is 9.52 Å². The summed E-state index contributed by atoms with van der Waals surface area (Å²) in [6.07, 6.45) is 1.67. The topological polar surface area (TPSA) is 55.3 Å². The Labute approximate surface area is 171 Å². The number of carbonyl (C=O) groups excluding carboxylic acids is 1. The molecule has 2 aromatic heterocycles. The molecular formula is C22H18FN3O2S. The number of rotatable bonds is 5. The highest BCUT2D eigenvalue weighted by atomic mass is 32.1. The van der Waals surface area contributed by atoms with Crippen molar-refractivity contribution in [1.82, 2.24) is 9.97 Å². The summed E-state index contributed by atoms with van der Waals surface area (Å²) in [5.74, 6) is -0.162. The number of thiazole rings is 1. The molecule has 0 spiro atoms. The first-order chi connectivity index (χ1) is 14.1. The molecule has 0 fully saturated rings. The van der Waals surface area contributed by atoms with Crippen molar-refractivity contribution in [3.63, 3.8) is 0 Å². The van der Waals surface area contributed by atoms with Gasteiger partial charge >= 0.3 is 0 Å². The maximum atomic E-state index is 13.7. The average Bonchev–Trinajstić information content (AvgIpc) is 3.19. The molecule has 7 heteroatoms. The number of anilines is 1. The molecule has 4 rings (SSSR count). The second-order valence-corrected chi connectivity index (χ2v) is 7.46. The Morgan fingerprint density at radius 3 is 2.76 bits per heavy atom. The normalized spacial score (nSPS) is 10.9. The monoisotopic (exact) mass is 407 g/mol. The molecule has 0 saturated heterocycles. The number of hydrogen-bond donors (Lipinski definition) is 0. The summed E-state index contributed by atoms with van der Waals surface area (Å²) in [7, 11) is 1.59. The Balaban J connectivity index is 1.83. The van der Waals surface area contributed by atoms with Crippen molar-refractivity contribution in [2.45, 2.75) is 13.5 Å². The molecule has 0 radical (unpaired) electrons. The molecule has 2 heterocycles. The van der Waals surface area contributed by atoms with Gasteiger partial charge in [0, 0.05) is 11.8 Å². The van der Waals surface area contributed by atoms with Gasteiger partial charge in [0.15, 0.2) is 5.13 Å². The van der Waals surface area contributed by atoms with Gasteiger partial charge in [0.1, 0.15) is 17.1 Å². The summed E-state index contributed by atoms with van der Waals surface area (Å²) in [4.78, 5) is 23.8. The number of nitrogens with zero attached hydrogens (tertiary/aromatic N) is 3. The van der Waals surface area contributed by atoms with Crippen LogP contribution in [0.15, 0.2) is 60.8 Å². The molecule has 1 amide bonds. The van der Waals surface area contributed by atoms with E-state index >= 15 is 0 Å². The molecule has 0 N–H and O–H groups in total. The van der Waals surface area contributed by atoms with Gasteiger partial charge in [-0.3, -0.25) is 14.7 Å². The average molecular weight is 407 g/mol. The predicted octanol–water partition coefficient (Wildman–Crippen LogP) is 4.99. The van der Waals surface area contributed by atoms with Gasteiger partial charge in [0.05, 0.1) is 24.0 Å². The van der Waals surface area contributed by atoms with E-state index in [2.05, 4.69) is 9.97 Å². The highest BCUT2D eigenvalue weighted by Gasteiger charge is 2.24. The first-order valence-electron chi connectivity index (χ1n) is 8.98. The fourth-order valence-electron chi connectivity index (χ4n) is 3.04. The van der Waals surface area contributed by atoms with E-state index in [0.29, 0.717) is 22.1 Å². The van der Waals surface area contributed by atoms with Crippen LogP contribution in [0.1, 0.15) is 21.6 Å². The Kier molecular flexibility index (Phi) is 5.22. The zero-order valence-electron chi connectivity index (χ0n) is 15.9. The quantitative estimate of drug-likeness (QED) is 0.467. The summed E-state index contributed by atoms with van der Waals surface area (Å²) in [5, 5.41) is 0.507. The molecule has 0 aliphatic rings. The third-order valence-corrected chi connectivity index (χ3v) is 5.72. The standard InChI is InChI=1S/C22H18FN3O2S/c1-14-9-10-18(28-2)19-20(14)29-22(25-19)26(13-17-8-3-4-11-24-17)21(27)15-6-5-7-16(23)12-15/h3-12H,13H2,1-2H3. The van der Waals surface area contributed by atoms with Crippen molar-refractivity contribution >= 4 is 32.6 Å². The summed E-state index contributed by atoms with van der Waals surface area (Å²) in [5.41, 5.74) is 2.70. The van der Waals surface area contributed by atoms with E-state index < -0.39 is 5.82 Å². The van der Waals surface area contributed by atoms with Crippen LogP contribution in [0.5, 0.6) is 5.75 Å². The van der Waals surface area contributed by atoms with Gasteiger partial charge in [-0.05, 0) is 48.9 Å². The summed E-state index contributed by atoms with van der Waals surface area (Å²) in [6.45, 7) is 2.21. The minimum atomic E-state index is -0.463. The van der Waals surface area contributed by atoms with Crippen molar-refractivity contribution < 1.29 is 13.9 Å². The Bertz CT molecular complexity index is 1180. The lowest BCUT2D eigenvalue weighted by Gasteiger charge is -2.19. The van der Waals surface area contributed by atoms with Crippen LogP contribution in [-0.4, -0.2) is 23.0 Å². The first-order valence-corrected chi connectivity index (χ1v) is 9.80. The lowest BCUT2D eigenvalue weighted by molar-refractivity contribution is 0.0984. The maximum absolute atomic E-state index is 13.7. The maximum Gasteiger partial charge on any atom is 0.260 e. The summed E-state index contributed by atoms with van der Waals surface area (Å²) >= 11 is 1.40. The predicted molar refractivity (Wildman–Crippen MR) is 112 cm³/mol. The van der Waals surface area contributed by atoms with Gasteiger partial charge in [-0.15, -0.1) is 0 Å². The number of amides is 1. The Morgan fingerprint density at radius 1 is 1.17 bits per heavy atom. The third-order valence-electron chi connectivity index (χ3n) is 4.51. The number of fused-ring (bicyclic) bond motifs is 1. The number of methoxy groups -OCH3 is 1. The number of halogens is 1. The first kappa shape index (κ1) is 19.0. The van der Waals surface area contributed by atoms with Crippen LogP contribution in [0.2, 0.25) is 0 Å². The van der Waals surface area contributed by atoms with Crippen LogP contribution < -0.4 is 9.64 Å². The van der Waals surface area contributed by atoms with E-state index in [1.54, 1.807) is 19.4 Å². The van der Waals surface area contributed by atoms with Gasteiger partial charge < -0.3 is 4.74 Å². The Morgan fingerprint density at radius 2 is 2.03 bits per heavy atom. The highest BCUT2D eigenvalue weighted by molar-refractivity contribution is 7.22. The van der Waals surface area contributed by atoms with Crippen molar-refractivity contribution in [2.24, 2.45) is 0 Å². The fraction of sp³-hybridized carbons (Fsp3) is 0.136. The summed E-state index contributed by atoms with van der Waals surface area (Å²) < 4.78 is 20.1. The molecule has 29 heavy (non-hydrogen) atoms. The summed E-state index contributed by atoms with van der Waals surface area (Å²) in [6, 6.07) is 15.0. The van der Waals surface area contributed by atoms with Crippen molar-refractivity contribution in [3.8, 4) is 5.75 Å².